The molecular weight excluding hydrogens is 238 g/mol. The Kier molecular flexibility index (Phi) is 3.09. The van der Waals surface area contributed by atoms with Gasteiger partial charge in [0, 0.05) is 12.5 Å². The number of rotatable bonds is 3. The van der Waals surface area contributed by atoms with Gasteiger partial charge < -0.3 is 15.4 Å². The molecule has 0 fully saturated rings. The lowest BCUT2D eigenvalue weighted by Gasteiger charge is -2.32. The SMILES string of the molecule is CCC(C)N1C(N)=NCC1c1ccc2c(c1)CCO2. The van der Waals surface area contributed by atoms with Crippen molar-refractivity contribution < 1.29 is 4.74 Å². The summed E-state index contributed by atoms with van der Waals surface area (Å²) in [5.41, 5.74) is 8.66. The Hall–Kier alpha value is -1.71. The Bertz CT molecular complexity index is 512. The molecule has 2 atom stereocenters. The third kappa shape index (κ3) is 2.05. The van der Waals surface area contributed by atoms with E-state index < -0.39 is 0 Å². The number of nitrogens with zero attached hydrogens (tertiary/aromatic N) is 2. The minimum atomic E-state index is 0.279. The van der Waals surface area contributed by atoms with Crippen LogP contribution in [-0.4, -0.2) is 30.1 Å². The highest BCUT2D eigenvalue weighted by Crippen LogP contribution is 2.33. The largest absolute Gasteiger partial charge is 0.493 e. The third-order valence-corrected chi connectivity index (χ3v) is 4.19. The van der Waals surface area contributed by atoms with E-state index in [4.69, 9.17) is 10.5 Å². The molecule has 0 aliphatic carbocycles. The van der Waals surface area contributed by atoms with E-state index in [1.165, 1.54) is 11.1 Å². The van der Waals surface area contributed by atoms with E-state index in [1.54, 1.807) is 0 Å². The highest BCUT2D eigenvalue weighted by molar-refractivity contribution is 5.80. The van der Waals surface area contributed by atoms with Gasteiger partial charge in [-0.1, -0.05) is 13.0 Å². The molecule has 1 aromatic rings. The molecule has 3 rings (SSSR count). The molecule has 0 bridgehead atoms. The zero-order valence-electron chi connectivity index (χ0n) is 11.6. The van der Waals surface area contributed by atoms with Gasteiger partial charge in [0.25, 0.3) is 0 Å². The van der Waals surface area contributed by atoms with Crippen molar-refractivity contribution in [1.82, 2.24) is 4.90 Å². The number of guanidine groups is 1. The van der Waals surface area contributed by atoms with E-state index in [0.29, 0.717) is 12.0 Å². The highest BCUT2D eigenvalue weighted by atomic mass is 16.5. The molecule has 2 unspecified atom stereocenters. The lowest BCUT2D eigenvalue weighted by atomic mass is 10.0. The third-order valence-electron chi connectivity index (χ3n) is 4.19. The molecule has 0 saturated heterocycles. The summed E-state index contributed by atoms with van der Waals surface area (Å²) in [6, 6.07) is 7.19. The Morgan fingerprint density at radius 2 is 2.37 bits per heavy atom. The Morgan fingerprint density at radius 3 is 3.16 bits per heavy atom. The number of benzene rings is 1. The fourth-order valence-corrected chi connectivity index (χ4v) is 2.92. The van der Waals surface area contributed by atoms with E-state index in [2.05, 4.69) is 41.9 Å². The van der Waals surface area contributed by atoms with Crippen molar-refractivity contribution in [2.45, 2.75) is 38.8 Å². The number of hydrogen-bond acceptors (Lipinski definition) is 4. The second kappa shape index (κ2) is 4.76. The van der Waals surface area contributed by atoms with Crippen molar-refractivity contribution in [2.24, 2.45) is 10.7 Å². The Labute approximate surface area is 114 Å². The lowest BCUT2D eigenvalue weighted by Crippen LogP contribution is -2.42. The van der Waals surface area contributed by atoms with Crippen LogP contribution in [0.5, 0.6) is 5.75 Å². The van der Waals surface area contributed by atoms with Crippen molar-refractivity contribution in [2.75, 3.05) is 13.2 Å². The summed E-state index contributed by atoms with van der Waals surface area (Å²) < 4.78 is 5.57. The predicted octanol–water partition coefficient (Wildman–Crippen LogP) is 2.09. The number of hydrogen-bond donors (Lipinski definition) is 1. The molecule has 19 heavy (non-hydrogen) atoms. The van der Waals surface area contributed by atoms with E-state index in [-0.39, 0.29) is 6.04 Å². The van der Waals surface area contributed by atoms with Gasteiger partial charge in [-0.15, -0.1) is 0 Å². The standard InChI is InChI=1S/C15H21N3O/c1-3-10(2)18-13(9-17-15(18)16)11-4-5-14-12(8-11)6-7-19-14/h4-5,8,10,13H,3,6-7,9H2,1-2H3,(H2,16,17). The first kappa shape index (κ1) is 12.3. The van der Waals surface area contributed by atoms with Crippen LogP contribution >= 0.6 is 0 Å². The van der Waals surface area contributed by atoms with Gasteiger partial charge in [0.15, 0.2) is 5.96 Å². The monoisotopic (exact) mass is 259 g/mol. The van der Waals surface area contributed by atoms with E-state index >= 15 is 0 Å². The van der Waals surface area contributed by atoms with Crippen molar-refractivity contribution in [3.63, 3.8) is 0 Å². The fourth-order valence-electron chi connectivity index (χ4n) is 2.92. The van der Waals surface area contributed by atoms with Crippen LogP contribution < -0.4 is 10.5 Å². The zero-order valence-corrected chi connectivity index (χ0v) is 11.6. The molecule has 1 aromatic carbocycles. The van der Waals surface area contributed by atoms with Crippen LogP contribution in [0.2, 0.25) is 0 Å². The Morgan fingerprint density at radius 1 is 1.53 bits per heavy atom. The first-order valence-electron chi connectivity index (χ1n) is 7.04. The first-order chi connectivity index (χ1) is 9.20. The summed E-state index contributed by atoms with van der Waals surface area (Å²) in [6.07, 6.45) is 2.08. The number of fused-ring (bicyclic) bond motifs is 1. The van der Waals surface area contributed by atoms with Gasteiger partial charge in [-0.05, 0) is 36.6 Å². The Balaban J connectivity index is 1.89. The molecule has 0 aromatic heterocycles. The minimum absolute atomic E-state index is 0.279. The summed E-state index contributed by atoms with van der Waals surface area (Å²) in [6.45, 7) is 5.95. The zero-order chi connectivity index (χ0) is 13.4. The number of aliphatic imine (C=N–C) groups is 1. The van der Waals surface area contributed by atoms with Gasteiger partial charge in [0.1, 0.15) is 5.75 Å². The van der Waals surface area contributed by atoms with Crippen LogP contribution in [0.15, 0.2) is 23.2 Å². The van der Waals surface area contributed by atoms with Gasteiger partial charge in [0.2, 0.25) is 0 Å². The van der Waals surface area contributed by atoms with E-state index in [0.717, 1.165) is 31.7 Å². The smallest absolute Gasteiger partial charge is 0.192 e. The molecule has 0 radical (unpaired) electrons. The predicted molar refractivity (Wildman–Crippen MR) is 76.5 cm³/mol. The summed E-state index contributed by atoms with van der Waals surface area (Å²) in [4.78, 5) is 6.67. The highest BCUT2D eigenvalue weighted by Gasteiger charge is 2.31. The van der Waals surface area contributed by atoms with Gasteiger partial charge in [-0.2, -0.15) is 0 Å². The van der Waals surface area contributed by atoms with E-state index in [1.807, 2.05) is 0 Å². The lowest BCUT2D eigenvalue weighted by molar-refractivity contribution is 0.268. The van der Waals surface area contributed by atoms with Crippen molar-refractivity contribution >= 4 is 5.96 Å². The van der Waals surface area contributed by atoms with Gasteiger partial charge >= 0.3 is 0 Å². The molecule has 102 valence electrons. The number of nitrogens with two attached hydrogens (primary N) is 1. The second-order valence-electron chi connectivity index (χ2n) is 5.34. The molecule has 4 heteroatoms. The van der Waals surface area contributed by atoms with Gasteiger partial charge in [0.05, 0.1) is 19.2 Å². The van der Waals surface area contributed by atoms with Gasteiger partial charge in [-0.3, -0.25) is 4.99 Å². The maximum absolute atomic E-state index is 6.05. The van der Waals surface area contributed by atoms with Gasteiger partial charge in [-0.25, -0.2) is 0 Å². The van der Waals surface area contributed by atoms with Crippen LogP contribution in [0.1, 0.15) is 37.4 Å². The summed E-state index contributed by atoms with van der Waals surface area (Å²) >= 11 is 0. The summed E-state index contributed by atoms with van der Waals surface area (Å²) in [7, 11) is 0. The number of ether oxygens (including phenoxy) is 1. The topological polar surface area (TPSA) is 50.8 Å². The molecule has 0 saturated carbocycles. The van der Waals surface area contributed by atoms with E-state index in [9.17, 15) is 0 Å². The molecule has 0 spiro atoms. The molecule has 2 aliphatic rings. The summed E-state index contributed by atoms with van der Waals surface area (Å²) in [5.74, 6) is 1.71. The van der Waals surface area contributed by atoms with Crippen LogP contribution in [0.3, 0.4) is 0 Å². The molecule has 2 N–H and O–H groups in total. The van der Waals surface area contributed by atoms with Crippen LogP contribution in [-0.2, 0) is 6.42 Å². The average molecular weight is 259 g/mol. The normalized spacial score (nSPS) is 22.9. The summed E-state index contributed by atoms with van der Waals surface area (Å²) in [5, 5.41) is 0. The fraction of sp³-hybridized carbons (Fsp3) is 0.533. The van der Waals surface area contributed by atoms with Crippen molar-refractivity contribution in [3.05, 3.63) is 29.3 Å². The van der Waals surface area contributed by atoms with Crippen LogP contribution in [0, 0.1) is 0 Å². The molecular formula is C15H21N3O. The van der Waals surface area contributed by atoms with Crippen molar-refractivity contribution in [1.29, 1.82) is 0 Å². The van der Waals surface area contributed by atoms with Crippen LogP contribution in [0.25, 0.3) is 0 Å². The second-order valence-corrected chi connectivity index (χ2v) is 5.34. The molecule has 4 nitrogen and oxygen atoms in total. The maximum Gasteiger partial charge on any atom is 0.192 e. The maximum atomic E-state index is 6.05. The minimum Gasteiger partial charge on any atom is -0.493 e. The average Bonchev–Trinajstić information content (AvgIpc) is 3.03. The van der Waals surface area contributed by atoms with Crippen LogP contribution in [0.4, 0.5) is 0 Å². The molecule has 0 amide bonds. The molecule has 2 heterocycles. The van der Waals surface area contributed by atoms with Crippen molar-refractivity contribution in [3.8, 4) is 5.75 Å². The first-order valence-corrected chi connectivity index (χ1v) is 7.04. The quantitative estimate of drug-likeness (QED) is 0.904. The molecule has 2 aliphatic heterocycles.